The lowest BCUT2D eigenvalue weighted by Gasteiger charge is -2.06. The largest absolute Gasteiger partial charge is 0.444 e. The Balaban J connectivity index is 1.99. The van der Waals surface area contributed by atoms with E-state index < -0.39 is 0 Å². The zero-order valence-electron chi connectivity index (χ0n) is 11.5. The van der Waals surface area contributed by atoms with Crippen molar-refractivity contribution in [3.8, 4) is 0 Å². The molecule has 2 amide bonds. The molecule has 21 heavy (non-hydrogen) atoms. The standard InChI is InChI=1S/C15H15BrN2O3/c1-2-9-17-14(19)10-3-5-11(6-4-10)18-15(20)12-7-8-13(16)21-12/h3-8H,2,9H2,1H3,(H,17,19)(H,18,20). The lowest BCUT2D eigenvalue weighted by atomic mass is 10.2. The maximum absolute atomic E-state index is 11.9. The van der Waals surface area contributed by atoms with E-state index in [1.54, 1.807) is 36.4 Å². The van der Waals surface area contributed by atoms with Crippen LogP contribution in [0.1, 0.15) is 34.3 Å². The van der Waals surface area contributed by atoms with E-state index in [9.17, 15) is 9.59 Å². The first-order valence-electron chi connectivity index (χ1n) is 6.55. The number of nitrogens with one attached hydrogen (secondary N) is 2. The maximum atomic E-state index is 11.9. The van der Waals surface area contributed by atoms with Crippen molar-refractivity contribution in [2.75, 3.05) is 11.9 Å². The van der Waals surface area contributed by atoms with Crippen molar-refractivity contribution >= 4 is 33.4 Å². The first-order chi connectivity index (χ1) is 10.1. The molecule has 1 aromatic heterocycles. The van der Waals surface area contributed by atoms with Crippen molar-refractivity contribution in [3.05, 3.63) is 52.4 Å². The Hall–Kier alpha value is -2.08. The van der Waals surface area contributed by atoms with Gasteiger partial charge in [-0.25, -0.2) is 0 Å². The summed E-state index contributed by atoms with van der Waals surface area (Å²) in [6.45, 7) is 2.64. The highest BCUT2D eigenvalue weighted by Crippen LogP contribution is 2.16. The molecule has 0 saturated heterocycles. The molecule has 2 rings (SSSR count). The van der Waals surface area contributed by atoms with Gasteiger partial charge in [0, 0.05) is 17.8 Å². The molecule has 5 nitrogen and oxygen atoms in total. The molecular formula is C15H15BrN2O3. The molecule has 0 radical (unpaired) electrons. The van der Waals surface area contributed by atoms with Gasteiger partial charge >= 0.3 is 0 Å². The second kappa shape index (κ2) is 7.08. The molecular weight excluding hydrogens is 336 g/mol. The van der Waals surface area contributed by atoms with Crippen LogP contribution in [0.3, 0.4) is 0 Å². The smallest absolute Gasteiger partial charge is 0.291 e. The minimum Gasteiger partial charge on any atom is -0.444 e. The highest BCUT2D eigenvalue weighted by Gasteiger charge is 2.11. The number of carbonyl (C=O) groups is 2. The fourth-order valence-corrected chi connectivity index (χ4v) is 1.98. The van der Waals surface area contributed by atoms with Crippen LogP contribution < -0.4 is 10.6 Å². The normalized spacial score (nSPS) is 10.2. The number of benzene rings is 1. The number of hydrogen-bond acceptors (Lipinski definition) is 3. The summed E-state index contributed by atoms with van der Waals surface area (Å²) in [7, 11) is 0. The molecule has 0 bridgehead atoms. The first kappa shape index (κ1) is 15.3. The van der Waals surface area contributed by atoms with E-state index in [4.69, 9.17) is 4.42 Å². The predicted octanol–water partition coefficient (Wildman–Crippen LogP) is 3.43. The van der Waals surface area contributed by atoms with Crippen LogP contribution in [0.4, 0.5) is 5.69 Å². The van der Waals surface area contributed by atoms with E-state index in [0.29, 0.717) is 22.5 Å². The average Bonchev–Trinajstić information content (AvgIpc) is 2.92. The van der Waals surface area contributed by atoms with Crippen LogP contribution in [-0.2, 0) is 0 Å². The highest BCUT2D eigenvalue weighted by atomic mass is 79.9. The number of rotatable bonds is 5. The molecule has 0 unspecified atom stereocenters. The van der Waals surface area contributed by atoms with Gasteiger partial charge in [-0.2, -0.15) is 0 Å². The van der Waals surface area contributed by atoms with Gasteiger partial charge in [-0.05, 0) is 58.7 Å². The third-order valence-corrected chi connectivity index (χ3v) is 3.16. The van der Waals surface area contributed by atoms with Crippen LogP contribution in [0.2, 0.25) is 0 Å². The van der Waals surface area contributed by atoms with Crippen LogP contribution in [0.5, 0.6) is 0 Å². The summed E-state index contributed by atoms with van der Waals surface area (Å²) in [4.78, 5) is 23.6. The van der Waals surface area contributed by atoms with E-state index in [2.05, 4.69) is 26.6 Å². The van der Waals surface area contributed by atoms with E-state index in [1.165, 1.54) is 0 Å². The molecule has 0 aliphatic heterocycles. The summed E-state index contributed by atoms with van der Waals surface area (Å²) in [6.07, 6.45) is 0.887. The minimum atomic E-state index is -0.344. The van der Waals surface area contributed by atoms with Gasteiger partial charge in [-0.3, -0.25) is 9.59 Å². The van der Waals surface area contributed by atoms with E-state index in [1.807, 2.05) is 6.92 Å². The van der Waals surface area contributed by atoms with Gasteiger partial charge in [0.25, 0.3) is 11.8 Å². The zero-order chi connectivity index (χ0) is 15.2. The molecule has 0 aliphatic rings. The van der Waals surface area contributed by atoms with Crippen molar-refractivity contribution in [2.45, 2.75) is 13.3 Å². The number of hydrogen-bond donors (Lipinski definition) is 2. The second-order valence-corrected chi connectivity index (χ2v) is 5.17. The van der Waals surface area contributed by atoms with Crippen LogP contribution in [-0.4, -0.2) is 18.4 Å². The molecule has 2 aromatic rings. The van der Waals surface area contributed by atoms with Crippen LogP contribution in [0.25, 0.3) is 0 Å². The summed E-state index contributed by atoms with van der Waals surface area (Å²) in [5.74, 6) is -0.250. The fraction of sp³-hybridized carbons (Fsp3) is 0.200. The molecule has 0 fully saturated rings. The average molecular weight is 351 g/mol. The molecule has 2 N–H and O–H groups in total. The molecule has 0 aliphatic carbocycles. The van der Waals surface area contributed by atoms with E-state index in [-0.39, 0.29) is 17.6 Å². The summed E-state index contributed by atoms with van der Waals surface area (Å²) >= 11 is 3.14. The molecule has 0 saturated carbocycles. The third-order valence-electron chi connectivity index (χ3n) is 2.74. The molecule has 1 aromatic carbocycles. The van der Waals surface area contributed by atoms with Gasteiger partial charge in [0.2, 0.25) is 0 Å². The topological polar surface area (TPSA) is 71.3 Å². The van der Waals surface area contributed by atoms with Crippen molar-refractivity contribution < 1.29 is 14.0 Å². The SMILES string of the molecule is CCCNC(=O)c1ccc(NC(=O)c2ccc(Br)o2)cc1. The second-order valence-electron chi connectivity index (χ2n) is 4.39. The lowest BCUT2D eigenvalue weighted by molar-refractivity contribution is 0.0952. The molecule has 1 heterocycles. The predicted molar refractivity (Wildman–Crippen MR) is 83.4 cm³/mol. The Morgan fingerprint density at radius 2 is 1.81 bits per heavy atom. The lowest BCUT2D eigenvalue weighted by Crippen LogP contribution is -2.23. The van der Waals surface area contributed by atoms with Crippen molar-refractivity contribution in [3.63, 3.8) is 0 Å². The van der Waals surface area contributed by atoms with E-state index in [0.717, 1.165) is 6.42 Å². The quantitative estimate of drug-likeness (QED) is 0.867. The Bertz CT molecular complexity index is 635. The zero-order valence-corrected chi connectivity index (χ0v) is 13.1. The van der Waals surface area contributed by atoms with Gasteiger partial charge in [0.05, 0.1) is 0 Å². The van der Waals surface area contributed by atoms with Gasteiger partial charge in [0.15, 0.2) is 10.4 Å². The van der Waals surface area contributed by atoms with Gasteiger partial charge < -0.3 is 15.1 Å². The van der Waals surface area contributed by atoms with Gasteiger partial charge in [0.1, 0.15) is 0 Å². The third kappa shape index (κ3) is 4.19. The van der Waals surface area contributed by atoms with Crippen LogP contribution >= 0.6 is 15.9 Å². The van der Waals surface area contributed by atoms with Crippen LogP contribution in [0, 0.1) is 0 Å². The molecule has 6 heteroatoms. The van der Waals surface area contributed by atoms with Crippen molar-refractivity contribution in [1.29, 1.82) is 0 Å². The number of anilines is 1. The van der Waals surface area contributed by atoms with Gasteiger partial charge in [-0.1, -0.05) is 6.92 Å². The summed E-state index contributed by atoms with van der Waals surface area (Å²) in [6, 6.07) is 9.91. The van der Waals surface area contributed by atoms with E-state index >= 15 is 0 Å². The highest BCUT2D eigenvalue weighted by molar-refractivity contribution is 9.10. The summed E-state index contributed by atoms with van der Waals surface area (Å²) < 4.78 is 5.66. The Labute approximate surface area is 130 Å². The number of halogens is 1. The molecule has 110 valence electrons. The number of furan rings is 1. The minimum absolute atomic E-state index is 0.121. The van der Waals surface area contributed by atoms with Crippen LogP contribution in [0.15, 0.2) is 45.5 Å². The molecule has 0 atom stereocenters. The van der Waals surface area contributed by atoms with Gasteiger partial charge in [-0.15, -0.1) is 0 Å². The number of amides is 2. The monoisotopic (exact) mass is 350 g/mol. The Morgan fingerprint density at radius 3 is 2.38 bits per heavy atom. The molecule has 0 spiro atoms. The summed E-state index contributed by atoms with van der Waals surface area (Å²) in [5.41, 5.74) is 1.15. The number of carbonyl (C=O) groups excluding carboxylic acids is 2. The maximum Gasteiger partial charge on any atom is 0.291 e. The first-order valence-corrected chi connectivity index (χ1v) is 7.34. The van der Waals surface area contributed by atoms with Crippen molar-refractivity contribution in [2.24, 2.45) is 0 Å². The Kier molecular flexibility index (Phi) is 5.16. The van der Waals surface area contributed by atoms with Crippen molar-refractivity contribution in [1.82, 2.24) is 5.32 Å². The summed E-state index contributed by atoms with van der Waals surface area (Å²) in [5, 5.41) is 5.49. The Morgan fingerprint density at radius 1 is 1.10 bits per heavy atom. The fourth-order valence-electron chi connectivity index (χ4n) is 1.67.